The van der Waals surface area contributed by atoms with Gasteiger partial charge in [-0.15, -0.1) is 0 Å². The third-order valence-corrected chi connectivity index (χ3v) is 6.54. The fourth-order valence-electron chi connectivity index (χ4n) is 4.39. The molecule has 0 aliphatic carbocycles. The number of rotatable bonds is 8. The van der Waals surface area contributed by atoms with E-state index in [4.69, 9.17) is 4.74 Å². The van der Waals surface area contributed by atoms with Crippen LogP contribution in [0.5, 0.6) is 0 Å². The Morgan fingerprint density at radius 3 is 2.72 bits per heavy atom. The summed E-state index contributed by atoms with van der Waals surface area (Å²) >= 11 is 0. The maximum absolute atomic E-state index is 13.6. The Balaban J connectivity index is 1.41. The number of aryl methyl sites for hydroxylation is 1. The van der Waals surface area contributed by atoms with Crippen LogP contribution >= 0.6 is 0 Å². The molecule has 0 bridgehead atoms. The monoisotopic (exact) mass is 510 g/mol. The Morgan fingerprint density at radius 1 is 1.19 bits per heavy atom. The molecule has 2 fully saturated rings. The van der Waals surface area contributed by atoms with Gasteiger partial charge in [0.1, 0.15) is 11.4 Å². The zero-order valence-corrected chi connectivity index (χ0v) is 20.6. The van der Waals surface area contributed by atoms with Gasteiger partial charge in [-0.3, -0.25) is 9.48 Å². The molecule has 1 amide bonds. The molecule has 0 aromatic carbocycles. The van der Waals surface area contributed by atoms with Crippen LogP contribution in [0.3, 0.4) is 0 Å². The van der Waals surface area contributed by atoms with E-state index in [2.05, 4.69) is 37.6 Å². The molecule has 0 atom stereocenters. The predicted molar refractivity (Wildman–Crippen MR) is 128 cm³/mol. The van der Waals surface area contributed by atoms with Gasteiger partial charge < -0.3 is 25.2 Å². The van der Waals surface area contributed by atoms with Crippen molar-refractivity contribution in [3.8, 4) is 0 Å². The molecule has 0 unspecified atom stereocenters. The summed E-state index contributed by atoms with van der Waals surface area (Å²) in [6, 6.07) is 0.281. The highest BCUT2D eigenvalue weighted by Crippen LogP contribution is 2.34. The molecule has 2 aliphatic heterocycles. The van der Waals surface area contributed by atoms with E-state index in [9.17, 15) is 18.0 Å². The van der Waals surface area contributed by atoms with E-state index in [0.717, 1.165) is 37.8 Å². The summed E-state index contributed by atoms with van der Waals surface area (Å²) in [7, 11) is 2.09. The highest BCUT2D eigenvalue weighted by Gasteiger charge is 2.35. The smallest absolute Gasteiger partial charge is 0.379 e. The lowest BCUT2D eigenvalue weighted by Gasteiger charge is -2.28. The van der Waals surface area contributed by atoms with Crippen LogP contribution in [0.15, 0.2) is 12.4 Å². The second-order valence-corrected chi connectivity index (χ2v) is 9.24. The van der Waals surface area contributed by atoms with Gasteiger partial charge in [0.25, 0.3) is 0 Å². The lowest BCUT2D eigenvalue weighted by Crippen LogP contribution is -2.33. The normalized spacial score (nSPS) is 18.4. The predicted octanol–water partition coefficient (Wildman–Crippen LogP) is 3.06. The van der Waals surface area contributed by atoms with Gasteiger partial charge in [-0.25, -0.2) is 4.98 Å². The van der Waals surface area contributed by atoms with E-state index in [1.807, 2.05) is 17.8 Å². The first-order valence-electron chi connectivity index (χ1n) is 12.3. The number of hydrogen-bond donors (Lipinski definition) is 2. The van der Waals surface area contributed by atoms with Crippen molar-refractivity contribution in [3.05, 3.63) is 23.7 Å². The van der Waals surface area contributed by atoms with Crippen LogP contribution in [-0.4, -0.2) is 88.4 Å². The number of nitrogens with one attached hydrogen (secondary N) is 2. The molecule has 4 rings (SSSR count). The lowest BCUT2D eigenvalue weighted by atomic mass is 10.1. The van der Waals surface area contributed by atoms with Gasteiger partial charge in [0, 0.05) is 32.0 Å². The van der Waals surface area contributed by atoms with Crippen LogP contribution in [0.25, 0.3) is 0 Å². The van der Waals surface area contributed by atoms with E-state index in [0.29, 0.717) is 44.8 Å². The van der Waals surface area contributed by atoms with E-state index in [1.165, 1.54) is 0 Å². The fourth-order valence-corrected chi connectivity index (χ4v) is 4.39. The molecule has 2 saturated heterocycles. The largest absolute Gasteiger partial charge is 0.421 e. The summed E-state index contributed by atoms with van der Waals surface area (Å²) in [6.07, 6.45) is 0.799. The first-order valence-corrected chi connectivity index (χ1v) is 12.3. The van der Waals surface area contributed by atoms with E-state index in [1.54, 1.807) is 4.90 Å². The molecule has 0 radical (unpaired) electrons. The van der Waals surface area contributed by atoms with Crippen molar-refractivity contribution in [3.63, 3.8) is 0 Å². The number of carbonyl (C=O) groups is 1. The molecular weight excluding hydrogens is 477 g/mol. The van der Waals surface area contributed by atoms with E-state index in [-0.39, 0.29) is 30.3 Å². The summed E-state index contributed by atoms with van der Waals surface area (Å²) in [5.41, 5.74) is 0.436. The zero-order chi connectivity index (χ0) is 25.7. The SMILES string of the molecule is Cc1nn(C2CCN(C)CC2)cc1Nc1ncc(C(F)(F)F)c(NCCCN2CCOCCC2=O)n1. The summed E-state index contributed by atoms with van der Waals surface area (Å²) in [5, 5.41) is 10.4. The fraction of sp³-hybridized carbons (Fsp3) is 0.652. The Bertz CT molecular complexity index is 1040. The molecule has 2 N–H and O–H groups in total. The summed E-state index contributed by atoms with van der Waals surface area (Å²) < 4.78 is 48.0. The van der Waals surface area contributed by atoms with Crippen LogP contribution < -0.4 is 10.6 Å². The van der Waals surface area contributed by atoms with E-state index >= 15 is 0 Å². The number of nitrogens with zero attached hydrogens (tertiary/aromatic N) is 6. The molecule has 4 heterocycles. The molecular formula is C23H33F3N8O2. The third-order valence-electron chi connectivity index (χ3n) is 6.54. The molecule has 0 spiro atoms. The van der Waals surface area contributed by atoms with Gasteiger partial charge >= 0.3 is 6.18 Å². The quantitative estimate of drug-likeness (QED) is 0.523. The standard InChI is InChI=1S/C23H33F3N8O2/c1-16-19(15-34(31-16)17-4-9-32(2)10-5-17)29-22-28-14-18(23(24,25)26)21(30-22)27-7-3-8-33-11-13-36-12-6-20(33)35/h14-15,17H,3-13H2,1-2H3,(H2,27,28,29,30). The van der Waals surface area contributed by atoms with Gasteiger partial charge in [-0.1, -0.05) is 0 Å². The van der Waals surface area contributed by atoms with Crippen molar-refractivity contribution >= 4 is 23.4 Å². The molecule has 36 heavy (non-hydrogen) atoms. The van der Waals surface area contributed by atoms with Gasteiger partial charge in [0.2, 0.25) is 11.9 Å². The molecule has 198 valence electrons. The number of piperidine rings is 1. The Hall–Kier alpha value is -2.93. The van der Waals surface area contributed by atoms with Crippen molar-refractivity contribution in [2.75, 3.05) is 63.6 Å². The van der Waals surface area contributed by atoms with Crippen molar-refractivity contribution < 1.29 is 22.7 Å². The van der Waals surface area contributed by atoms with Gasteiger partial charge in [0.05, 0.1) is 37.1 Å². The second kappa shape index (κ2) is 11.4. The number of carbonyl (C=O) groups excluding carboxylic acids is 1. The summed E-state index contributed by atoms with van der Waals surface area (Å²) in [6.45, 7) is 5.82. The lowest BCUT2D eigenvalue weighted by molar-refractivity contribution is -0.137. The van der Waals surface area contributed by atoms with Crippen LogP contribution in [0, 0.1) is 6.92 Å². The number of aromatic nitrogens is 4. The Morgan fingerprint density at radius 2 is 1.97 bits per heavy atom. The van der Waals surface area contributed by atoms with Crippen molar-refractivity contribution in [2.24, 2.45) is 0 Å². The molecule has 2 aromatic heterocycles. The maximum Gasteiger partial charge on any atom is 0.421 e. The minimum Gasteiger partial charge on any atom is -0.379 e. The first kappa shape index (κ1) is 26.1. The van der Waals surface area contributed by atoms with Gasteiger partial charge in [-0.05, 0) is 46.3 Å². The number of amides is 1. The number of ether oxygens (including phenoxy) is 1. The minimum absolute atomic E-state index is 0.00633. The Kier molecular flexibility index (Phi) is 8.29. The van der Waals surface area contributed by atoms with E-state index < -0.39 is 11.7 Å². The molecule has 2 aromatic rings. The van der Waals surface area contributed by atoms with Crippen LogP contribution in [0.4, 0.5) is 30.6 Å². The van der Waals surface area contributed by atoms with Crippen molar-refractivity contribution in [1.29, 1.82) is 0 Å². The average Bonchev–Trinajstić information content (AvgIpc) is 3.06. The van der Waals surface area contributed by atoms with Crippen LogP contribution in [-0.2, 0) is 15.7 Å². The maximum atomic E-state index is 13.6. The van der Waals surface area contributed by atoms with Crippen molar-refractivity contribution in [1.82, 2.24) is 29.5 Å². The number of halogens is 3. The van der Waals surface area contributed by atoms with Crippen molar-refractivity contribution in [2.45, 2.75) is 44.8 Å². The number of hydrogen-bond acceptors (Lipinski definition) is 8. The topological polar surface area (TPSA) is 100 Å². The van der Waals surface area contributed by atoms with Gasteiger partial charge in [0.15, 0.2) is 0 Å². The zero-order valence-electron chi connectivity index (χ0n) is 20.6. The molecule has 0 saturated carbocycles. The number of likely N-dealkylation sites (tertiary alicyclic amines) is 1. The number of anilines is 3. The highest BCUT2D eigenvalue weighted by molar-refractivity contribution is 5.76. The average molecular weight is 511 g/mol. The van der Waals surface area contributed by atoms with Crippen LogP contribution in [0.2, 0.25) is 0 Å². The third kappa shape index (κ3) is 6.64. The molecule has 10 nitrogen and oxygen atoms in total. The summed E-state index contributed by atoms with van der Waals surface area (Å²) in [4.78, 5) is 24.0. The van der Waals surface area contributed by atoms with Gasteiger partial charge in [-0.2, -0.15) is 23.3 Å². The first-order chi connectivity index (χ1) is 17.2. The minimum atomic E-state index is -4.60. The second-order valence-electron chi connectivity index (χ2n) is 9.24. The van der Waals surface area contributed by atoms with Crippen LogP contribution in [0.1, 0.15) is 43.0 Å². The Labute approximate surface area is 208 Å². The number of alkyl halides is 3. The summed E-state index contributed by atoms with van der Waals surface area (Å²) in [5.74, 6) is -0.254. The molecule has 13 heteroatoms. The molecule has 2 aliphatic rings. The highest BCUT2D eigenvalue weighted by atomic mass is 19.4.